The van der Waals surface area contributed by atoms with Crippen molar-refractivity contribution in [1.82, 2.24) is 14.1 Å². The predicted molar refractivity (Wildman–Crippen MR) is 89.6 cm³/mol. The van der Waals surface area contributed by atoms with Gasteiger partial charge in [0.1, 0.15) is 10.6 Å². The first-order chi connectivity index (χ1) is 10.9. The van der Waals surface area contributed by atoms with Crippen molar-refractivity contribution in [2.24, 2.45) is 0 Å². The summed E-state index contributed by atoms with van der Waals surface area (Å²) < 4.78 is 28.8. The Kier molecular flexibility index (Phi) is 5.56. The molecule has 2 aromatic rings. The van der Waals surface area contributed by atoms with Gasteiger partial charge in [0.15, 0.2) is 0 Å². The van der Waals surface area contributed by atoms with E-state index in [0.29, 0.717) is 12.2 Å². The van der Waals surface area contributed by atoms with Gasteiger partial charge < -0.3 is 5.11 Å². The lowest BCUT2D eigenvalue weighted by Gasteiger charge is -2.19. The zero-order valence-electron chi connectivity index (χ0n) is 13.7. The first-order valence-corrected chi connectivity index (χ1v) is 9.11. The fourth-order valence-corrected chi connectivity index (χ4v) is 3.91. The number of aromatic nitrogens is 2. The van der Waals surface area contributed by atoms with E-state index in [9.17, 15) is 8.42 Å². The Bertz CT molecular complexity index is 739. The lowest BCUT2D eigenvalue weighted by atomic mass is 10.2. The Labute approximate surface area is 137 Å². The van der Waals surface area contributed by atoms with Gasteiger partial charge in [0.2, 0.25) is 10.0 Å². The van der Waals surface area contributed by atoms with Crippen LogP contribution in [0, 0.1) is 0 Å². The Morgan fingerprint density at radius 2 is 1.91 bits per heavy atom. The molecule has 0 atom stereocenters. The molecule has 1 aromatic heterocycles. The van der Waals surface area contributed by atoms with Crippen molar-refractivity contribution < 1.29 is 13.5 Å². The van der Waals surface area contributed by atoms with Crippen LogP contribution in [0.25, 0.3) is 11.3 Å². The van der Waals surface area contributed by atoms with Gasteiger partial charge in [0.05, 0.1) is 6.61 Å². The van der Waals surface area contributed by atoms with E-state index in [2.05, 4.69) is 5.10 Å². The number of aliphatic hydroxyl groups is 1. The minimum absolute atomic E-state index is 0.0503. The van der Waals surface area contributed by atoms with E-state index in [4.69, 9.17) is 5.11 Å². The lowest BCUT2D eigenvalue weighted by molar-refractivity contribution is 0.257. The van der Waals surface area contributed by atoms with E-state index < -0.39 is 10.0 Å². The van der Waals surface area contributed by atoms with Crippen molar-refractivity contribution >= 4 is 10.0 Å². The molecule has 0 radical (unpaired) electrons. The van der Waals surface area contributed by atoms with Crippen molar-refractivity contribution in [3.05, 3.63) is 36.5 Å². The van der Waals surface area contributed by atoms with Crippen LogP contribution in [0.4, 0.5) is 0 Å². The summed E-state index contributed by atoms with van der Waals surface area (Å²) in [5, 5.41) is 13.6. The van der Waals surface area contributed by atoms with Crippen LogP contribution in [0.15, 0.2) is 41.4 Å². The molecule has 6 nitrogen and oxygen atoms in total. The van der Waals surface area contributed by atoms with E-state index >= 15 is 0 Å². The van der Waals surface area contributed by atoms with Gasteiger partial charge in [0, 0.05) is 30.9 Å². The molecule has 2 rings (SSSR count). The van der Waals surface area contributed by atoms with Crippen molar-refractivity contribution in [2.45, 2.75) is 31.7 Å². The SMILES string of the molecule is CCN(CCO)S(=O)(=O)c1cn(C(C)C)nc1-c1ccccc1. The van der Waals surface area contributed by atoms with Crippen LogP contribution in [0.1, 0.15) is 26.8 Å². The van der Waals surface area contributed by atoms with E-state index in [0.717, 1.165) is 5.56 Å². The highest BCUT2D eigenvalue weighted by Crippen LogP contribution is 2.29. The molecule has 0 unspecified atom stereocenters. The summed E-state index contributed by atoms with van der Waals surface area (Å²) in [6, 6.07) is 9.31. The zero-order chi connectivity index (χ0) is 17.0. The summed E-state index contributed by atoms with van der Waals surface area (Å²) >= 11 is 0. The van der Waals surface area contributed by atoms with E-state index in [-0.39, 0.29) is 24.1 Å². The maximum Gasteiger partial charge on any atom is 0.246 e. The molecular weight excluding hydrogens is 314 g/mol. The minimum atomic E-state index is -3.71. The molecule has 0 fully saturated rings. The molecule has 0 amide bonds. The van der Waals surface area contributed by atoms with Crippen molar-refractivity contribution in [3.63, 3.8) is 0 Å². The number of benzene rings is 1. The van der Waals surface area contributed by atoms with Crippen LogP contribution in [-0.2, 0) is 10.0 Å². The maximum atomic E-state index is 12.9. The van der Waals surface area contributed by atoms with Gasteiger partial charge in [-0.1, -0.05) is 37.3 Å². The molecule has 0 saturated carbocycles. The van der Waals surface area contributed by atoms with E-state index in [1.807, 2.05) is 44.2 Å². The average Bonchev–Trinajstić information content (AvgIpc) is 2.99. The molecule has 23 heavy (non-hydrogen) atoms. The van der Waals surface area contributed by atoms with Crippen LogP contribution >= 0.6 is 0 Å². The van der Waals surface area contributed by atoms with Gasteiger partial charge in [-0.15, -0.1) is 0 Å². The summed E-state index contributed by atoms with van der Waals surface area (Å²) in [6.45, 7) is 5.80. The number of hydrogen-bond acceptors (Lipinski definition) is 4. The highest BCUT2D eigenvalue weighted by atomic mass is 32.2. The van der Waals surface area contributed by atoms with Gasteiger partial charge in [-0.2, -0.15) is 9.40 Å². The first kappa shape index (κ1) is 17.7. The third-order valence-corrected chi connectivity index (χ3v) is 5.57. The first-order valence-electron chi connectivity index (χ1n) is 7.67. The number of nitrogens with zero attached hydrogens (tertiary/aromatic N) is 3. The highest BCUT2D eigenvalue weighted by Gasteiger charge is 2.29. The Balaban J connectivity index is 2.61. The molecule has 0 aliphatic heterocycles. The predicted octanol–water partition coefficient (Wildman–Crippen LogP) is 2.13. The van der Waals surface area contributed by atoms with Gasteiger partial charge in [0.25, 0.3) is 0 Å². The smallest absolute Gasteiger partial charge is 0.246 e. The molecule has 0 spiro atoms. The molecule has 1 heterocycles. The summed E-state index contributed by atoms with van der Waals surface area (Å²) in [7, 11) is -3.71. The van der Waals surface area contributed by atoms with Crippen molar-refractivity contribution in [2.75, 3.05) is 19.7 Å². The van der Waals surface area contributed by atoms with Gasteiger partial charge in [-0.05, 0) is 13.8 Å². The second-order valence-electron chi connectivity index (χ2n) is 5.50. The topological polar surface area (TPSA) is 75.4 Å². The summed E-state index contributed by atoms with van der Waals surface area (Å²) in [5.74, 6) is 0. The normalized spacial score (nSPS) is 12.3. The number of likely N-dealkylation sites (N-methyl/N-ethyl adjacent to an activating group) is 1. The van der Waals surface area contributed by atoms with Gasteiger partial charge in [-0.3, -0.25) is 4.68 Å². The Morgan fingerprint density at radius 1 is 1.26 bits per heavy atom. The van der Waals surface area contributed by atoms with Crippen molar-refractivity contribution in [3.8, 4) is 11.3 Å². The fourth-order valence-electron chi connectivity index (χ4n) is 2.32. The molecule has 0 aliphatic carbocycles. The third-order valence-electron chi connectivity index (χ3n) is 3.59. The minimum Gasteiger partial charge on any atom is -0.395 e. The summed E-state index contributed by atoms with van der Waals surface area (Å²) in [5.41, 5.74) is 1.20. The molecule has 7 heteroatoms. The van der Waals surface area contributed by atoms with Crippen LogP contribution < -0.4 is 0 Å². The van der Waals surface area contributed by atoms with Gasteiger partial charge in [-0.25, -0.2) is 8.42 Å². The highest BCUT2D eigenvalue weighted by molar-refractivity contribution is 7.89. The van der Waals surface area contributed by atoms with E-state index in [1.165, 1.54) is 4.31 Å². The molecule has 1 N–H and O–H groups in total. The number of aliphatic hydroxyl groups excluding tert-OH is 1. The molecule has 1 aromatic carbocycles. The van der Waals surface area contributed by atoms with Gasteiger partial charge >= 0.3 is 0 Å². The summed E-state index contributed by atoms with van der Waals surface area (Å²) in [4.78, 5) is 0.174. The van der Waals surface area contributed by atoms with Crippen LogP contribution in [-0.4, -0.2) is 47.3 Å². The van der Waals surface area contributed by atoms with Crippen LogP contribution in [0.3, 0.4) is 0 Å². The zero-order valence-corrected chi connectivity index (χ0v) is 14.5. The Morgan fingerprint density at radius 3 is 2.43 bits per heavy atom. The molecule has 0 aliphatic rings. The lowest BCUT2D eigenvalue weighted by Crippen LogP contribution is -2.33. The standard InChI is InChI=1S/C16H23N3O3S/c1-4-18(10-11-20)23(21,22)15-12-19(13(2)3)17-16(15)14-8-6-5-7-9-14/h5-9,12-13,20H,4,10-11H2,1-3H3. The van der Waals surface area contributed by atoms with Crippen LogP contribution in [0.2, 0.25) is 0 Å². The third kappa shape index (κ3) is 3.63. The maximum absolute atomic E-state index is 12.9. The molecule has 0 saturated heterocycles. The van der Waals surface area contributed by atoms with Crippen molar-refractivity contribution in [1.29, 1.82) is 0 Å². The fraction of sp³-hybridized carbons (Fsp3) is 0.438. The second kappa shape index (κ2) is 7.25. The second-order valence-corrected chi connectivity index (χ2v) is 7.41. The number of rotatable bonds is 7. The largest absolute Gasteiger partial charge is 0.395 e. The molecular formula is C16H23N3O3S. The molecule has 0 bridgehead atoms. The quantitative estimate of drug-likeness (QED) is 0.840. The monoisotopic (exact) mass is 337 g/mol. The van der Waals surface area contributed by atoms with Crippen LogP contribution in [0.5, 0.6) is 0 Å². The number of hydrogen-bond donors (Lipinski definition) is 1. The summed E-state index contributed by atoms with van der Waals surface area (Å²) in [6.07, 6.45) is 1.57. The Hall–Kier alpha value is -1.70. The average molecular weight is 337 g/mol. The molecule has 126 valence electrons. The van der Waals surface area contributed by atoms with E-state index in [1.54, 1.807) is 17.8 Å². The number of sulfonamides is 1.